The fourth-order valence-corrected chi connectivity index (χ4v) is 17.1. The number of esters is 2. The van der Waals surface area contributed by atoms with E-state index in [9.17, 15) is 14.4 Å². The van der Waals surface area contributed by atoms with Crippen LogP contribution in [-0.4, -0.2) is 70.7 Å². The summed E-state index contributed by atoms with van der Waals surface area (Å²) in [6.45, 7) is 25.2. The first-order valence-corrected chi connectivity index (χ1v) is 25.9. The summed E-state index contributed by atoms with van der Waals surface area (Å²) in [7, 11) is -5.28. The Balaban J connectivity index is 0.000000335. The standard InChI is InChI=1S/C26H37NO4Si.C26H36O4Si/c1-25(2,3)31-24(28)19-21(20-27-29)17-18-30-32(26(4,5)6,22-13-9-7-10-14-22)23-15-11-8-12-16-23;1-25(2,3)30-24(28)19-21(20-27)17-18-29-31(26(4,5)6,22-13-9-7-10-14-22)23-15-11-8-12-16-23/h7-16,20-21,29H,17-19H2,1-6H3;7-16,20-21H,17-19H2,1-6H3/b27-20+;/t2*21-/m11/s1. The van der Waals surface area contributed by atoms with Crippen LogP contribution < -0.4 is 20.7 Å². The molecule has 0 radical (unpaired) electrons. The minimum absolute atomic E-state index is 0.0743. The molecule has 0 aliphatic rings. The van der Waals surface area contributed by atoms with Crippen LogP contribution in [0.25, 0.3) is 0 Å². The van der Waals surface area contributed by atoms with E-state index in [1.165, 1.54) is 27.0 Å². The Bertz CT molecular complexity index is 1920. The van der Waals surface area contributed by atoms with E-state index in [1.807, 2.05) is 90.1 Å². The second-order valence-electron chi connectivity index (χ2n) is 20.1. The van der Waals surface area contributed by atoms with E-state index < -0.39 is 33.8 Å². The molecule has 342 valence electrons. The summed E-state index contributed by atoms with van der Waals surface area (Å²) < 4.78 is 24.5. The van der Waals surface area contributed by atoms with Crippen molar-refractivity contribution < 1.29 is 37.9 Å². The Hall–Kier alpha value is -4.69. The number of rotatable bonds is 18. The molecule has 4 aromatic rings. The Labute approximate surface area is 379 Å². The lowest BCUT2D eigenvalue weighted by atomic mass is 10.0. The van der Waals surface area contributed by atoms with E-state index in [4.69, 9.17) is 23.5 Å². The summed E-state index contributed by atoms with van der Waals surface area (Å²) in [6, 6.07) is 41.6. The van der Waals surface area contributed by atoms with Crippen molar-refractivity contribution in [3.8, 4) is 0 Å². The van der Waals surface area contributed by atoms with Gasteiger partial charge in [0.05, 0.1) is 12.8 Å². The molecule has 0 saturated heterocycles. The molecule has 0 aliphatic heterocycles. The summed E-state index contributed by atoms with van der Waals surface area (Å²) in [6.07, 6.45) is 3.49. The third-order valence-electron chi connectivity index (χ3n) is 10.6. The molecular weight excluding hydrogens is 823 g/mol. The number of carbonyl (C=O) groups is 3. The van der Waals surface area contributed by atoms with Gasteiger partial charge in [0.1, 0.15) is 17.5 Å². The lowest BCUT2D eigenvalue weighted by Gasteiger charge is -2.43. The van der Waals surface area contributed by atoms with Gasteiger partial charge in [-0.05, 0) is 85.2 Å². The van der Waals surface area contributed by atoms with Crippen LogP contribution >= 0.6 is 0 Å². The van der Waals surface area contributed by atoms with Gasteiger partial charge < -0.3 is 28.3 Å². The van der Waals surface area contributed by atoms with Crippen LogP contribution in [-0.2, 0) is 32.7 Å². The minimum atomic E-state index is -2.64. The molecule has 1 N–H and O–H groups in total. The lowest BCUT2D eigenvalue weighted by Crippen LogP contribution is -2.66. The number of ether oxygens (including phenoxy) is 2. The van der Waals surface area contributed by atoms with Crippen molar-refractivity contribution in [1.29, 1.82) is 0 Å². The molecule has 0 aliphatic carbocycles. The van der Waals surface area contributed by atoms with E-state index in [2.05, 4.69) is 119 Å². The van der Waals surface area contributed by atoms with Crippen LogP contribution in [0.2, 0.25) is 10.1 Å². The largest absolute Gasteiger partial charge is 0.460 e. The smallest absolute Gasteiger partial charge is 0.307 e. The SMILES string of the molecule is CC(C)(C)OC(=O)C[C@H](/C=N/O)CCO[Si](c1ccccc1)(c1ccccc1)C(C)(C)C.CC(C)(C)OC(=O)C[C@H](C=O)CCO[Si](c1ccccc1)(c1ccccc1)C(C)(C)C. The Morgan fingerprint density at radius 2 is 0.810 bits per heavy atom. The van der Waals surface area contributed by atoms with Crippen molar-refractivity contribution in [2.45, 2.75) is 130 Å². The second kappa shape index (κ2) is 23.3. The van der Waals surface area contributed by atoms with Crippen LogP contribution in [0.5, 0.6) is 0 Å². The molecule has 0 unspecified atom stereocenters. The predicted octanol–water partition coefficient (Wildman–Crippen LogP) is 9.26. The lowest BCUT2D eigenvalue weighted by molar-refractivity contribution is -0.157. The Morgan fingerprint density at radius 1 is 0.524 bits per heavy atom. The molecular formula is C52H73NO8Si2. The maximum absolute atomic E-state index is 12.3. The third kappa shape index (κ3) is 15.5. The molecule has 63 heavy (non-hydrogen) atoms. The summed E-state index contributed by atoms with van der Waals surface area (Å²) in [5, 5.41) is 16.9. The number of nitrogens with zero attached hydrogens (tertiary/aromatic N) is 1. The van der Waals surface area contributed by atoms with Crippen LogP contribution in [0.3, 0.4) is 0 Å². The summed E-state index contributed by atoms with van der Waals surface area (Å²) in [5.74, 6) is -1.36. The fourth-order valence-electron chi connectivity index (χ4n) is 7.99. The summed E-state index contributed by atoms with van der Waals surface area (Å²) >= 11 is 0. The van der Waals surface area contributed by atoms with Crippen molar-refractivity contribution in [2.75, 3.05) is 13.2 Å². The maximum Gasteiger partial charge on any atom is 0.307 e. The van der Waals surface area contributed by atoms with Gasteiger partial charge in [-0.1, -0.05) is 163 Å². The topological polar surface area (TPSA) is 121 Å². The minimum Gasteiger partial charge on any atom is -0.460 e. The monoisotopic (exact) mass is 895 g/mol. The van der Waals surface area contributed by atoms with Crippen molar-refractivity contribution in [2.24, 2.45) is 17.0 Å². The number of aldehydes is 1. The van der Waals surface area contributed by atoms with Crippen LogP contribution in [0.4, 0.5) is 0 Å². The quantitative estimate of drug-likeness (QED) is 0.0262. The van der Waals surface area contributed by atoms with Gasteiger partial charge in [-0.2, -0.15) is 0 Å². The number of carbonyl (C=O) groups excluding carboxylic acids is 3. The summed E-state index contributed by atoms with van der Waals surface area (Å²) in [5.41, 5.74) is -1.11. The van der Waals surface area contributed by atoms with E-state index in [0.29, 0.717) is 26.1 Å². The molecule has 9 nitrogen and oxygen atoms in total. The van der Waals surface area contributed by atoms with E-state index >= 15 is 0 Å². The first-order valence-electron chi connectivity index (χ1n) is 22.1. The first kappa shape index (κ1) is 52.7. The molecule has 4 rings (SSSR count). The third-order valence-corrected chi connectivity index (χ3v) is 20.7. The van der Waals surface area contributed by atoms with Gasteiger partial charge in [-0.3, -0.25) is 9.59 Å². The molecule has 0 fully saturated rings. The average molecular weight is 896 g/mol. The average Bonchev–Trinajstić information content (AvgIpc) is 3.20. The van der Waals surface area contributed by atoms with E-state index in [0.717, 1.165) is 6.29 Å². The van der Waals surface area contributed by atoms with Crippen molar-refractivity contribution in [3.05, 3.63) is 121 Å². The highest BCUT2D eigenvalue weighted by molar-refractivity contribution is 7.00. The second-order valence-corrected chi connectivity index (χ2v) is 28.7. The highest BCUT2D eigenvalue weighted by Crippen LogP contribution is 2.38. The summed E-state index contributed by atoms with van der Waals surface area (Å²) in [4.78, 5) is 36.1. The van der Waals surface area contributed by atoms with Gasteiger partial charge in [0, 0.05) is 31.3 Å². The Kier molecular flexibility index (Phi) is 19.5. The van der Waals surface area contributed by atoms with Gasteiger partial charge in [-0.15, -0.1) is 5.16 Å². The number of benzene rings is 4. The van der Waals surface area contributed by atoms with Crippen LogP contribution in [0.1, 0.15) is 109 Å². The predicted molar refractivity (Wildman–Crippen MR) is 261 cm³/mol. The van der Waals surface area contributed by atoms with Crippen molar-refractivity contribution >= 4 is 61.8 Å². The molecule has 2 atom stereocenters. The van der Waals surface area contributed by atoms with E-state index in [-0.39, 0.29) is 40.8 Å². The molecule has 0 amide bonds. The normalized spacial score (nSPS) is 13.7. The van der Waals surface area contributed by atoms with Gasteiger partial charge in [0.25, 0.3) is 16.6 Å². The number of hydrogen-bond acceptors (Lipinski definition) is 9. The Morgan fingerprint density at radius 3 is 1.06 bits per heavy atom. The zero-order valence-electron chi connectivity index (χ0n) is 39.9. The van der Waals surface area contributed by atoms with Gasteiger partial charge in [0.15, 0.2) is 0 Å². The van der Waals surface area contributed by atoms with E-state index in [1.54, 1.807) is 0 Å². The first-order chi connectivity index (χ1) is 29.5. The van der Waals surface area contributed by atoms with Gasteiger partial charge in [0.2, 0.25) is 0 Å². The van der Waals surface area contributed by atoms with Gasteiger partial charge >= 0.3 is 11.9 Å². The highest BCUT2D eigenvalue weighted by Gasteiger charge is 2.51. The van der Waals surface area contributed by atoms with Crippen LogP contribution in [0.15, 0.2) is 126 Å². The van der Waals surface area contributed by atoms with Crippen LogP contribution in [0, 0.1) is 11.8 Å². The molecule has 0 saturated carbocycles. The maximum atomic E-state index is 12.3. The zero-order valence-corrected chi connectivity index (χ0v) is 41.9. The molecule has 0 bridgehead atoms. The number of oxime groups is 1. The highest BCUT2D eigenvalue weighted by atomic mass is 28.4. The molecule has 0 heterocycles. The number of hydrogen-bond donors (Lipinski definition) is 1. The molecule has 11 heteroatoms. The van der Waals surface area contributed by atoms with Crippen molar-refractivity contribution in [1.82, 2.24) is 0 Å². The molecule has 0 aromatic heterocycles. The van der Waals surface area contributed by atoms with Crippen molar-refractivity contribution in [3.63, 3.8) is 0 Å². The fraction of sp³-hybridized carbons (Fsp3) is 0.462. The molecule has 4 aromatic carbocycles. The molecule has 0 spiro atoms. The zero-order chi connectivity index (χ0) is 47.0. The van der Waals surface area contributed by atoms with Gasteiger partial charge in [-0.25, -0.2) is 0 Å².